The van der Waals surface area contributed by atoms with Gasteiger partial charge < -0.3 is 14.4 Å². The molecule has 1 aliphatic heterocycles. The molecule has 2 heterocycles. The quantitative estimate of drug-likeness (QED) is 0.468. The molecule has 0 bridgehead atoms. The minimum Gasteiger partial charge on any atom is -0.465 e. The van der Waals surface area contributed by atoms with E-state index in [0.717, 1.165) is 11.3 Å². The number of esters is 1. The molecular weight excluding hydrogens is 442 g/mol. The summed E-state index contributed by atoms with van der Waals surface area (Å²) in [5, 5.41) is 0. The number of rotatable bonds is 10. The van der Waals surface area contributed by atoms with E-state index in [4.69, 9.17) is 21.1 Å². The summed E-state index contributed by atoms with van der Waals surface area (Å²) < 4.78 is 37.3. The van der Waals surface area contributed by atoms with Crippen LogP contribution in [0.3, 0.4) is 0 Å². The normalized spacial score (nSPS) is 15.7. The molecule has 1 amide bonds. The van der Waals surface area contributed by atoms with Crippen LogP contribution in [0, 0.1) is 0 Å². The van der Waals surface area contributed by atoms with Crippen LogP contribution in [-0.2, 0) is 29.1 Å². The molecule has 0 N–H and O–H groups in total. The number of methoxy groups -OCH3 is 1. The molecule has 0 aliphatic carbocycles. The van der Waals surface area contributed by atoms with Crippen molar-refractivity contribution in [2.24, 2.45) is 0 Å². The zero-order valence-corrected chi connectivity index (χ0v) is 18.9. The van der Waals surface area contributed by atoms with E-state index in [2.05, 4.69) is 0 Å². The molecule has 0 spiro atoms. The molecule has 12 heteroatoms. The van der Waals surface area contributed by atoms with E-state index in [1.807, 2.05) is 0 Å². The summed E-state index contributed by atoms with van der Waals surface area (Å²) in [6, 6.07) is 3.04. The van der Waals surface area contributed by atoms with Crippen molar-refractivity contribution >= 4 is 44.8 Å². The van der Waals surface area contributed by atoms with Gasteiger partial charge in [0.15, 0.2) is 0 Å². The second kappa shape index (κ2) is 11.2. The van der Waals surface area contributed by atoms with Crippen LogP contribution in [0.5, 0.6) is 0 Å². The van der Waals surface area contributed by atoms with E-state index in [-0.39, 0.29) is 56.0 Å². The molecule has 1 aromatic heterocycles. The Balaban J connectivity index is 1.91. The van der Waals surface area contributed by atoms with Crippen molar-refractivity contribution in [1.82, 2.24) is 14.1 Å². The van der Waals surface area contributed by atoms with Gasteiger partial charge in [-0.05, 0) is 19.1 Å². The summed E-state index contributed by atoms with van der Waals surface area (Å²) in [7, 11) is -2.06. The highest BCUT2D eigenvalue weighted by atomic mass is 35.5. The van der Waals surface area contributed by atoms with Crippen molar-refractivity contribution in [2.75, 3.05) is 66.1 Å². The van der Waals surface area contributed by atoms with Crippen molar-refractivity contribution in [2.45, 2.75) is 11.1 Å². The van der Waals surface area contributed by atoms with Gasteiger partial charge in [-0.2, -0.15) is 4.31 Å². The fourth-order valence-electron chi connectivity index (χ4n) is 2.86. The van der Waals surface area contributed by atoms with E-state index < -0.39 is 16.0 Å². The third-order valence-corrected chi connectivity index (χ3v) is 7.96. The van der Waals surface area contributed by atoms with Crippen molar-refractivity contribution in [3.63, 3.8) is 0 Å². The molecule has 0 saturated carbocycles. The van der Waals surface area contributed by atoms with Crippen molar-refractivity contribution < 1.29 is 27.5 Å². The average Bonchev–Trinajstić information content (AvgIpc) is 3.13. The number of halogens is 1. The Hall–Kier alpha value is -1.24. The highest BCUT2D eigenvalue weighted by molar-refractivity contribution is 7.91. The number of amides is 1. The van der Waals surface area contributed by atoms with E-state index in [1.165, 1.54) is 10.4 Å². The SMILES string of the molecule is CCOC(=O)CN(CCOC)CC(=O)N1CCN(S(=O)(=O)c2ccc(Cl)s2)CC1. The van der Waals surface area contributed by atoms with Gasteiger partial charge in [0.25, 0.3) is 10.0 Å². The van der Waals surface area contributed by atoms with Gasteiger partial charge in [0.05, 0.1) is 30.6 Å². The van der Waals surface area contributed by atoms with E-state index in [0.29, 0.717) is 17.5 Å². The van der Waals surface area contributed by atoms with Gasteiger partial charge in [0.2, 0.25) is 5.91 Å². The summed E-state index contributed by atoms with van der Waals surface area (Å²) in [6.07, 6.45) is 0. The molecule has 0 radical (unpaired) electrons. The van der Waals surface area contributed by atoms with Crippen LogP contribution in [0.15, 0.2) is 16.3 Å². The number of piperazine rings is 1. The summed E-state index contributed by atoms with van der Waals surface area (Å²) in [5.74, 6) is -0.566. The lowest BCUT2D eigenvalue weighted by Crippen LogP contribution is -2.53. The van der Waals surface area contributed by atoms with Crippen molar-refractivity contribution in [3.8, 4) is 0 Å². The van der Waals surface area contributed by atoms with E-state index >= 15 is 0 Å². The van der Waals surface area contributed by atoms with Crippen LogP contribution in [0.2, 0.25) is 4.34 Å². The number of hydrogen-bond donors (Lipinski definition) is 0. The fraction of sp³-hybridized carbons (Fsp3) is 0.647. The average molecular weight is 468 g/mol. The number of nitrogens with zero attached hydrogens (tertiary/aromatic N) is 3. The zero-order chi connectivity index (χ0) is 21.4. The summed E-state index contributed by atoms with van der Waals surface area (Å²) in [6.45, 7) is 3.81. The van der Waals surface area contributed by atoms with Gasteiger partial charge in [-0.25, -0.2) is 8.42 Å². The van der Waals surface area contributed by atoms with Crippen LogP contribution < -0.4 is 0 Å². The lowest BCUT2D eigenvalue weighted by molar-refractivity contribution is -0.145. The zero-order valence-electron chi connectivity index (χ0n) is 16.5. The largest absolute Gasteiger partial charge is 0.465 e. The van der Waals surface area contributed by atoms with Gasteiger partial charge in [0.1, 0.15) is 4.21 Å². The molecule has 1 saturated heterocycles. The Kier molecular flexibility index (Phi) is 9.31. The maximum Gasteiger partial charge on any atom is 0.320 e. The minimum absolute atomic E-state index is 0.00355. The molecular formula is C17H26ClN3O6S2. The van der Waals surface area contributed by atoms with Crippen LogP contribution in [0.1, 0.15) is 6.92 Å². The van der Waals surface area contributed by atoms with Crippen molar-refractivity contribution in [3.05, 3.63) is 16.5 Å². The standard InChI is InChI=1S/C17H26ClN3O6S2/c1-3-27-16(23)13-19(10-11-26-2)12-15(22)20-6-8-21(9-7-20)29(24,25)17-5-4-14(18)28-17/h4-5H,3,6-13H2,1-2H3. The third-order valence-electron chi connectivity index (χ3n) is 4.36. The molecule has 0 atom stereocenters. The Morgan fingerprint density at radius 3 is 2.45 bits per heavy atom. The van der Waals surface area contributed by atoms with Gasteiger partial charge >= 0.3 is 5.97 Å². The summed E-state index contributed by atoms with van der Waals surface area (Å²) in [4.78, 5) is 27.7. The molecule has 1 fully saturated rings. The predicted molar refractivity (Wildman–Crippen MR) is 110 cm³/mol. The molecule has 1 aromatic rings. The first-order valence-corrected chi connectivity index (χ1v) is 11.8. The lowest BCUT2D eigenvalue weighted by Gasteiger charge is -2.34. The number of ether oxygens (including phenoxy) is 2. The first kappa shape index (κ1) is 24.0. The van der Waals surface area contributed by atoms with Gasteiger partial charge in [-0.1, -0.05) is 11.6 Å². The van der Waals surface area contributed by atoms with E-state index in [1.54, 1.807) is 29.9 Å². The number of thiophene rings is 1. The molecule has 1 aliphatic rings. The monoisotopic (exact) mass is 467 g/mol. The Labute approximate surface area is 180 Å². The predicted octanol–water partition coefficient (Wildman–Crippen LogP) is 0.746. The number of hydrogen-bond acceptors (Lipinski definition) is 8. The number of carbonyl (C=O) groups excluding carboxylic acids is 2. The van der Waals surface area contributed by atoms with Crippen molar-refractivity contribution in [1.29, 1.82) is 0 Å². The first-order valence-electron chi connectivity index (χ1n) is 9.18. The molecule has 0 unspecified atom stereocenters. The lowest BCUT2D eigenvalue weighted by atomic mass is 10.3. The number of sulfonamides is 1. The van der Waals surface area contributed by atoms with Crippen LogP contribution in [-0.4, -0.2) is 101 Å². The summed E-state index contributed by atoms with van der Waals surface area (Å²) in [5.41, 5.74) is 0. The third kappa shape index (κ3) is 6.90. The molecule has 0 aromatic carbocycles. The smallest absolute Gasteiger partial charge is 0.320 e. The first-order chi connectivity index (χ1) is 13.8. The van der Waals surface area contributed by atoms with Crippen LogP contribution >= 0.6 is 22.9 Å². The van der Waals surface area contributed by atoms with E-state index in [9.17, 15) is 18.0 Å². The Morgan fingerprint density at radius 1 is 1.21 bits per heavy atom. The highest BCUT2D eigenvalue weighted by Gasteiger charge is 2.31. The number of carbonyl (C=O) groups is 2. The van der Waals surface area contributed by atoms with Crippen LogP contribution in [0.4, 0.5) is 0 Å². The highest BCUT2D eigenvalue weighted by Crippen LogP contribution is 2.28. The molecule has 2 rings (SSSR count). The maximum atomic E-state index is 12.7. The molecule has 164 valence electrons. The fourth-order valence-corrected chi connectivity index (χ4v) is 5.92. The Bertz CT molecular complexity index is 793. The summed E-state index contributed by atoms with van der Waals surface area (Å²) >= 11 is 6.86. The maximum absolute atomic E-state index is 12.7. The molecule has 29 heavy (non-hydrogen) atoms. The topological polar surface area (TPSA) is 96.5 Å². The molecule has 9 nitrogen and oxygen atoms in total. The second-order valence-corrected chi connectivity index (χ2v) is 10.2. The minimum atomic E-state index is -3.61. The van der Waals surface area contributed by atoms with Gasteiger partial charge in [0, 0.05) is 39.8 Å². The Morgan fingerprint density at radius 2 is 1.90 bits per heavy atom. The van der Waals surface area contributed by atoms with Crippen LogP contribution in [0.25, 0.3) is 0 Å². The van der Waals surface area contributed by atoms with Gasteiger partial charge in [-0.15, -0.1) is 11.3 Å². The second-order valence-electron chi connectivity index (χ2n) is 6.35. The van der Waals surface area contributed by atoms with Gasteiger partial charge in [-0.3, -0.25) is 14.5 Å².